The zero-order valence-corrected chi connectivity index (χ0v) is 63.3. The number of cyclic esters (lactones) is 1. The van der Waals surface area contributed by atoms with Gasteiger partial charge in [-0.25, -0.2) is 4.79 Å². The van der Waals surface area contributed by atoms with Crippen LogP contribution in [0.1, 0.15) is 153 Å². The number of methoxy groups -OCH3 is 1. The zero-order chi connectivity index (χ0) is 81.5. The van der Waals surface area contributed by atoms with Crippen molar-refractivity contribution in [3.8, 4) is 0 Å². The van der Waals surface area contributed by atoms with Crippen LogP contribution in [-0.2, 0) is 86.2 Å². The number of carbonyl (C=O) groups excluding carboxylic acids is 16. The van der Waals surface area contributed by atoms with Crippen molar-refractivity contribution < 1.29 is 112 Å². The van der Waals surface area contributed by atoms with Crippen LogP contribution < -0.4 is 71.2 Å². The highest BCUT2D eigenvalue weighted by Gasteiger charge is 2.56. The van der Waals surface area contributed by atoms with Crippen LogP contribution in [0.15, 0.2) is 0 Å². The molecule has 23 unspecified atom stereocenters. The van der Waals surface area contributed by atoms with Crippen molar-refractivity contribution in [1.29, 1.82) is 0 Å². The summed E-state index contributed by atoms with van der Waals surface area (Å²) in [6.45, 7) is 15.9. The van der Waals surface area contributed by atoms with Crippen LogP contribution in [0.25, 0.3) is 0 Å². The van der Waals surface area contributed by atoms with Crippen LogP contribution in [-0.4, -0.2) is 278 Å². The molecule has 15 amide bonds. The van der Waals surface area contributed by atoms with E-state index in [0.717, 1.165) is 51.1 Å². The number of esters is 1. The van der Waals surface area contributed by atoms with Crippen molar-refractivity contribution in [3.05, 3.63) is 0 Å². The van der Waals surface area contributed by atoms with E-state index in [1.54, 1.807) is 20.8 Å². The third-order valence-corrected chi connectivity index (χ3v) is 19.8. The highest BCUT2D eigenvalue weighted by atomic mass is 16.5. The van der Waals surface area contributed by atoms with Crippen molar-refractivity contribution in [3.63, 3.8) is 0 Å². The molecule has 0 aromatic heterocycles. The lowest BCUT2D eigenvalue weighted by Crippen LogP contribution is -2.64. The van der Waals surface area contributed by atoms with Gasteiger partial charge in [0.05, 0.1) is 43.2 Å². The molecule has 3 fully saturated rings. The first-order valence-corrected chi connectivity index (χ1v) is 36.2. The number of nitrogens with two attached hydrogens (primary N) is 5. The molecule has 3 saturated heterocycles. The zero-order valence-electron chi connectivity index (χ0n) is 63.3. The Morgan fingerprint density at radius 2 is 1.28 bits per heavy atom. The minimum absolute atomic E-state index is 0.00914. The highest BCUT2D eigenvalue weighted by molar-refractivity contribution is 6.03. The monoisotopic (exact) mass is 1520 g/mol. The Morgan fingerprint density at radius 3 is 1.82 bits per heavy atom. The summed E-state index contributed by atoms with van der Waals surface area (Å²) in [5.74, 6) is -22.6. The first-order valence-electron chi connectivity index (χ1n) is 36.2. The van der Waals surface area contributed by atoms with Gasteiger partial charge in [-0.15, -0.1) is 0 Å². The van der Waals surface area contributed by atoms with E-state index in [9.17, 15) is 92.7 Å². The number of likely N-dealkylation sites (N-methyl/N-ethyl adjacent to an activating group) is 1. The van der Waals surface area contributed by atoms with Crippen molar-refractivity contribution in [1.82, 2.24) is 57.2 Å². The molecule has 39 heteroatoms. The van der Waals surface area contributed by atoms with Gasteiger partial charge in [0.2, 0.25) is 82.7 Å². The first-order chi connectivity index (χ1) is 49.9. The topological polar surface area (TPSA) is 629 Å². The van der Waals surface area contributed by atoms with Crippen LogP contribution in [0.2, 0.25) is 0 Å². The quantitative estimate of drug-likeness (QED) is 0.0278. The minimum Gasteiger partial charge on any atom is -0.458 e. The van der Waals surface area contributed by atoms with Gasteiger partial charge >= 0.3 is 5.97 Å². The average Bonchev–Trinajstić information content (AvgIpc) is 1.62. The van der Waals surface area contributed by atoms with E-state index in [-0.39, 0.29) is 69.4 Å². The number of primary amides is 4. The fourth-order valence-electron chi connectivity index (χ4n) is 13.7. The van der Waals surface area contributed by atoms with Gasteiger partial charge in [0.15, 0.2) is 12.2 Å². The molecule has 3 aliphatic rings. The van der Waals surface area contributed by atoms with Gasteiger partial charge < -0.3 is 121 Å². The first kappa shape index (κ1) is 92.4. The SMILES string of the molecule is CCC(C)CC1NC(=O)C(CCCN)NC(=O)C(C(C)O)NC(=O)C(N2C(=O)C(NC(=O)C(O)C(O)C(NC(=O)CNC(=O)C(C)C(O)C(C)CC(C)CC(C)C)C(C)O)C(C)C2C(N)=O)C(C)OC(=O)C2CCCCN2C(=O)C(CC(N)=O)NC(=O)C(C(OC)C(N)=O)NC(=O)C(CCC(N)=O)N(C)C1=O. The summed E-state index contributed by atoms with van der Waals surface area (Å²) in [4.78, 5) is 229. The summed E-state index contributed by atoms with van der Waals surface area (Å²) >= 11 is 0. The second-order valence-electron chi connectivity index (χ2n) is 29.1. The van der Waals surface area contributed by atoms with Crippen molar-refractivity contribution in [2.75, 3.05) is 33.8 Å². The van der Waals surface area contributed by atoms with E-state index in [2.05, 4.69) is 56.4 Å². The maximum atomic E-state index is 15.4. The summed E-state index contributed by atoms with van der Waals surface area (Å²) in [7, 11) is 2.01. The number of nitrogens with zero attached hydrogens (tertiary/aromatic N) is 3. The Hall–Kier alpha value is -8.76. The molecule has 3 aliphatic heterocycles. The van der Waals surface area contributed by atoms with Crippen LogP contribution in [0.4, 0.5) is 0 Å². The second-order valence-corrected chi connectivity index (χ2v) is 29.1. The predicted molar refractivity (Wildman–Crippen MR) is 378 cm³/mol. The molecule has 0 aromatic carbocycles. The van der Waals surface area contributed by atoms with Crippen LogP contribution >= 0.6 is 0 Å². The molecular weight excluding hydrogens is 1410 g/mol. The molecule has 107 heavy (non-hydrogen) atoms. The number of carbonyl (C=O) groups is 16. The normalized spacial score (nSPS) is 27.4. The Bertz CT molecular complexity index is 3160. The molecule has 3 heterocycles. The smallest absolute Gasteiger partial charge is 0.329 e. The molecule has 0 aliphatic carbocycles. The van der Waals surface area contributed by atoms with E-state index in [4.69, 9.17) is 38.1 Å². The number of fused-ring (bicyclic) bond motifs is 1. The summed E-state index contributed by atoms with van der Waals surface area (Å²) in [5, 5.41) is 74.7. The summed E-state index contributed by atoms with van der Waals surface area (Å²) in [5.41, 5.74) is 28.7. The molecule has 23 atom stereocenters. The van der Waals surface area contributed by atoms with Gasteiger partial charge in [-0.3, -0.25) is 71.9 Å². The molecule has 3 rings (SSSR count). The van der Waals surface area contributed by atoms with Crippen LogP contribution in [0.5, 0.6) is 0 Å². The molecule has 0 spiro atoms. The molecule has 39 nitrogen and oxygen atoms in total. The van der Waals surface area contributed by atoms with Crippen molar-refractivity contribution in [2.45, 2.75) is 262 Å². The van der Waals surface area contributed by atoms with Crippen molar-refractivity contribution >= 4 is 94.6 Å². The third-order valence-electron chi connectivity index (χ3n) is 19.8. The summed E-state index contributed by atoms with van der Waals surface area (Å²) < 4.78 is 11.2. The predicted octanol–water partition coefficient (Wildman–Crippen LogP) is -7.64. The lowest BCUT2D eigenvalue weighted by atomic mass is 9.84. The number of hydrogen-bond acceptors (Lipinski definition) is 24. The number of hydrogen-bond donors (Lipinski definition) is 18. The number of aliphatic hydroxyl groups excluding tert-OH is 5. The Balaban J connectivity index is 2.29. The molecule has 0 aromatic rings. The molecule has 23 N–H and O–H groups in total. The average molecular weight is 1530 g/mol. The number of amides is 15. The molecule has 606 valence electrons. The number of likely N-dealkylation sites (tertiary alicyclic amines) is 1. The Labute approximate surface area is 621 Å². The Kier molecular flexibility index (Phi) is 36.9. The van der Waals surface area contributed by atoms with E-state index in [0.29, 0.717) is 23.7 Å². The van der Waals surface area contributed by atoms with E-state index < -0.39 is 241 Å². The highest BCUT2D eigenvalue weighted by Crippen LogP contribution is 2.32. The van der Waals surface area contributed by atoms with E-state index >= 15 is 9.59 Å². The molecule has 0 bridgehead atoms. The van der Waals surface area contributed by atoms with Gasteiger partial charge in [-0.1, -0.05) is 61.8 Å². The standard InChI is InChI=1S/C68H116N16O23/c1-14-30(4)26-39-65(102)82(12)41(20-21-43(70)87)60(97)81-49(55(106-13)57(73)94)62(99)77-40(27-44(71)88)66(103)83-23-16-15-19-42(83)68(105)107-37(11)51(63(100)80-48(36(10)86)61(98)75-38(18-17-22-69)59(96)76-39)84-50(56(72)93)33(7)46(67(84)104)79-64(101)54(92)53(91)47(35(9)85)78-45(89)28-74-58(95)34(8)52(90)32(6)25-31(5)24-29(2)3/h29-42,46-55,85-86,90-92H,14-28,69H2,1-13H3,(H2,70,87)(H2,71,88)(H2,72,93)(H2,73,94)(H,74,95)(H,75,98)(H,76,96)(H,77,99)(H,78,89)(H,79,101)(H,80,100)(H,81,97). The van der Waals surface area contributed by atoms with E-state index in [1.165, 1.54) is 13.8 Å². The maximum Gasteiger partial charge on any atom is 0.329 e. The third kappa shape index (κ3) is 26.0. The van der Waals surface area contributed by atoms with Crippen LogP contribution in [0.3, 0.4) is 0 Å². The largest absolute Gasteiger partial charge is 0.458 e. The van der Waals surface area contributed by atoms with Gasteiger partial charge in [-0.05, 0) is 109 Å². The van der Waals surface area contributed by atoms with Gasteiger partial charge in [0.1, 0.15) is 72.6 Å². The molecular formula is C68H116N16O23. The van der Waals surface area contributed by atoms with Crippen LogP contribution in [0, 0.1) is 35.5 Å². The van der Waals surface area contributed by atoms with Gasteiger partial charge in [0.25, 0.3) is 5.91 Å². The van der Waals surface area contributed by atoms with Gasteiger partial charge in [-0.2, -0.15) is 0 Å². The molecule has 0 radical (unpaired) electrons. The number of aliphatic hydroxyl groups is 5. The number of ether oxygens (including phenoxy) is 2. The second kappa shape index (κ2) is 42.7. The van der Waals surface area contributed by atoms with Gasteiger partial charge in [0, 0.05) is 33.0 Å². The molecule has 0 saturated carbocycles. The lowest BCUT2D eigenvalue weighted by Gasteiger charge is -2.39. The summed E-state index contributed by atoms with van der Waals surface area (Å²) in [6.07, 6.45) is -14.8. The maximum absolute atomic E-state index is 15.4. The van der Waals surface area contributed by atoms with E-state index in [1.807, 2.05) is 6.92 Å². The Morgan fingerprint density at radius 1 is 0.682 bits per heavy atom. The lowest BCUT2D eigenvalue weighted by molar-refractivity contribution is -0.168. The fourth-order valence-corrected chi connectivity index (χ4v) is 13.7. The number of rotatable bonds is 32. The summed E-state index contributed by atoms with van der Waals surface area (Å²) in [6, 6.07) is -21.7. The number of nitrogens with one attached hydrogen (secondary N) is 8. The fraction of sp³-hybridized carbons (Fsp3) is 0.765. The number of piperidine rings is 1. The van der Waals surface area contributed by atoms with Crippen molar-refractivity contribution in [2.24, 2.45) is 64.2 Å². The minimum atomic E-state index is -2.65.